The SMILES string of the molecule is CC(C)CN1CCN(c2ccc(Br)cc2[N+](=O)[O-])CC1. The van der Waals surface area contributed by atoms with E-state index >= 15 is 0 Å². The van der Waals surface area contributed by atoms with Gasteiger partial charge in [-0.2, -0.15) is 0 Å². The van der Waals surface area contributed by atoms with Crippen molar-refractivity contribution in [3.8, 4) is 0 Å². The molecule has 110 valence electrons. The fraction of sp³-hybridized carbons (Fsp3) is 0.571. The number of hydrogen-bond acceptors (Lipinski definition) is 4. The Bertz CT molecular complexity index is 485. The van der Waals surface area contributed by atoms with Gasteiger partial charge in [0.25, 0.3) is 5.69 Å². The molecule has 20 heavy (non-hydrogen) atoms. The van der Waals surface area contributed by atoms with E-state index in [0.29, 0.717) is 5.92 Å². The first-order valence-electron chi connectivity index (χ1n) is 6.88. The molecule has 0 unspecified atom stereocenters. The van der Waals surface area contributed by atoms with Crippen LogP contribution in [0.15, 0.2) is 22.7 Å². The van der Waals surface area contributed by atoms with Crippen LogP contribution in [0.3, 0.4) is 0 Å². The van der Waals surface area contributed by atoms with Gasteiger partial charge in [-0.1, -0.05) is 29.8 Å². The Balaban J connectivity index is 2.09. The van der Waals surface area contributed by atoms with E-state index in [1.807, 2.05) is 12.1 Å². The third kappa shape index (κ3) is 3.70. The summed E-state index contributed by atoms with van der Waals surface area (Å²) < 4.78 is 0.742. The summed E-state index contributed by atoms with van der Waals surface area (Å²) in [6.07, 6.45) is 0. The highest BCUT2D eigenvalue weighted by Crippen LogP contribution is 2.31. The van der Waals surface area contributed by atoms with E-state index in [2.05, 4.69) is 39.6 Å². The van der Waals surface area contributed by atoms with E-state index < -0.39 is 0 Å². The summed E-state index contributed by atoms with van der Waals surface area (Å²) in [5.41, 5.74) is 0.902. The third-order valence-electron chi connectivity index (χ3n) is 3.47. The molecule has 6 heteroatoms. The summed E-state index contributed by atoms with van der Waals surface area (Å²) in [7, 11) is 0. The molecule has 0 bridgehead atoms. The Hall–Kier alpha value is -1.14. The first kappa shape index (κ1) is 15.3. The van der Waals surface area contributed by atoms with E-state index in [4.69, 9.17) is 0 Å². The van der Waals surface area contributed by atoms with E-state index in [1.54, 1.807) is 6.07 Å². The Morgan fingerprint density at radius 2 is 1.95 bits per heavy atom. The molecule has 0 radical (unpaired) electrons. The van der Waals surface area contributed by atoms with Crippen LogP contribution in [-0.2, 0) is 0 Å². The number of benzene rings is 1. The van der Waals surface area contributed by atoms with Crippen molar-refractivity contribution in [2.45, 2.75) is 13.8 Å². The first-order valence-corrected chi connectivity index (χ1v) is 7.68. The van der Waals surface area contributed by atoms with E-state index in [1.165, 1.54) is 0 Å². The first-order chi connectivity index (χ1) is 9.47. The molecule has 1 heterocycles. The quantitative estimate of drug-likeness (QED) is 0.623. The maximum absolute atomic E-state index is 11.2. The topological polar surface area (TPSA) is 49.6 Å². The number of rotatable bonds is 4. The Kier molecular flexibility index (Phi) is 4.99. The predicted octanol–water partition coefficient (Wildman–Crippen LogP) is 3.14. The summed E-state index contributed by atoms with van der Waals surface area (Å²) in [6, 6.07) is 5.28. The molecule has 1 aromatic rings. The number of nitrogens with zero attached hydrogens (tertiary/aromatic N) is 3. The smallest absolute Gasteiger partial charge is 0.293 e. The lowest BCUT2D eigenvalue weighted by atomic mass is 10.1. The molecule has 1 aliphatic rings. The van der Waals surface area contributed by atoms with Gasteiger partial charge in [-0.15, -0.1) is 0 Å². The molecule has 0 aliphatic carbocycles. The lowest BCUT2D eigenvalue weighted by Crippen LogP contribution is -2.47. The summed E-state index contributed by atoms with van der Waals surface area (Å²) >= 11 is 3.29. The molecule has 1 fully saturated rings. The number of anilines is 1. The summed E-state index contributed by atoms with van der Waals surface area (Å²) in [5.74, 6) is 0.656. The Morgan fingerprint density at radius 1 is 1.30 bits per heavy atom. The van der Waals surface area contributed by atoms with Gasteiger partial charge in [-0.3, -0.25) is 15.0 Å². The zero-order chi connectivity index (χ0) is 14.7. The molecule has 0 amide bonds. The maximum Gasteiger partial charge on any atom is 0.293 e. The molecule has 0 N–H and O–H groups in total. The van der Waals surface area contributed by atoms with Crippen molar-refractivity contribution >= 4 is 27.3 Å². The van der Waals surface area contributed by atoms with Crippen LogP contribution >= 0.6 is 15.9 Å². The molecule has 0 aromatic heterocycles. The second-order valence-electron chi connectivity index (χ2n) is 5.57. The van der Waals surface area contributed by atoms with Crippen molar-refractivity contribution in [2.24, 2.45) is 5.92 Å². The minimum Gasteiger partial charge on any atom is -0.363 e. The lowest BCUT2D eigenvalue weighted by Gasteiger charge is -2.36. The van der Waals surface area contributed by atoms with Gasteiger partial charge in [-0.05, 0) is 18.1 Å². The molecular formula is C14H20BrN3O2. The summed E-state index contributed by atoms with van der Waals surface area (Å²) in [6.45, 7) is 9.13. The molecule has 0 saturated carbocycles. The molecule has 0 atom stereocenters. The van der Waals surface area contributed by atoms with E-state index in [9.17, 15) is 10.1 Å². The van der Waals surface area contributed by atoms with Crippen LogP contribution in [0.4, 0.5) is 11.4 Å². The van der Waals surface area contributed by atoms with Gasteiger partial charge >= 0.3 is 0 Å². The van der Waals surface area contributed by atoms with Crippen molar-refractivity contribution in [3.63, 3.8) is 0 Å². The highest BCUT2D eigenvalue weighted by atomic mass is 79.9. The van der Waals surface area contributed by atoms with E-state index in [-0.39, 0.29) is 10.6 Å². The molecule has 0 spiro atoms. The van der Waals surface area contributed by atoms with Crippen LogP contribution in [0.1, 0.15) is 13.8 Å². The molecule has 1 aliphatic heterocycles. The molecule has 5 nitrogen and oxygen atoms in total. The summed E-state index contributed by atoms with van der Waals surface area (Å²) in [5, 5.41) is 11.2. The van der Waals surface area contributed by atoms with Gasteiger partial charge in [0, 0.05) is 43.3 Å². The van der Waals surface area contributed by atoms with Crippen LogP contribution in [0.2, 0.25) is 0 Å². The van der Waals surface area contributed by atoms with Crippen LogP contribution < -0.4 is 4.90 Å². The number of piperazine rings is 1. The second-order valence-corrected chi connectivity index (χ2v) is 6.49. The largest absolute Gasteiger partial charge is 0.363 e. The van der Waals surface area contributed by atoms with Crippen molar-refractivity contribution in [1.29, 1.82) is 0 Å². The third-order valence-corrected chi connectivity index (χ3v) is 3.96. The average molecular weight is 342 g/mol. The van der Waals surface area contributed by atoms with Gasteiger partial charge in [-0.25, -0.2) is 0 Å². The molecule has 2 rings (SSSR count). The Labute approximate surface area is 127 Å². The number of nitro groups is 1. The minimum atomic E-state index is -0.305. The normalized spacial score (nSPS) is 16.7. The monoisotopic (exact) mass is 341 g/mol. The van der Waals surface area contributed by atoms with Crippen LogP contribution in [0.5, 0.6) is 0 Å². The fourth-order valence-corrected chi connectivity index (χ4v) is 2.95. The maximum atomic E-state index is 11.2. The van der Waals surface area contributed by atoms with Crippen molar-refractivity contribution in [1.82, 2.24) is 4.90 Å². The van der Waals surface area contributed by atoms with Gasteiger partial charge in [0.15, 0.2) is 0 Å². The van der Waals surface area contributed by atoms with Crippen molar-refractivity contribution in [2.75, 3.05) is 37.6 Å². The minimum absolute atomic E-state index is 0.177. The molecular weight excluding hydrogens is 322 g/mol. The van der Waals surface area contributed by atoms with Gasteiger partial charge in [0.1, 0.15) is 5.69 Å². The zero-order valence-electron chi connectivity index (χ0n) is 11.9. The standard InChI is InChI=1S/C14H20BrN3O2/c1-11(2)10-16-5-7-17(8-6-16)13-4-3-12(15)9-14(13)18(19)20/h3-4,9,11H,5-8,10H2,1-2H3. The van der Waals surface area contributed by atoms with Crippen molar-refractivity contribution < 1.29 is 4.92 Å². The van der Waals surface area contributed by atoms with Gasteiger partial charge < -0.3 is 4.90 Å². The van der Waals surface area contributed by atoms with E-state index in [0.717, 1.165) is 42.9 Å². The molecule has 1 aromatic carbocycles. The van der Waals surface area contributed by atoms with Gasteiger partial charge in [0.2, 0.25) is 0 Å². The molecule has 1 saturated heterocycles. The zero-order valence-corrected chi connectivity index (χ0v) is 13.5. The van der Waals surface area contributed by atoms with Crippen LogP contribution in [0.25, 0.3) is 0 Å². The van der Waals surface area contributed by atoms with Gasteiger partial charge in [0.05, 0.1) is 4.92 Å². The summed E-state index contributed by atoms with van der Waals surface area (Å²) in [4.78, 5) is 15.4. The predicted molar refractivity (Wildman–Crippen MR) is 84.3 cm³/mol. The lowest BCUT2D eigenvalue weighted by molar-refractivity contribution is -0.384. The Morgan fingerprint density at radius 3 is 2.50 bits per heavy atom. The number of halogens is 1. The van der Waals surface area contributed by atoms with Crippen molar-refractivity contribution in [3.05, 3.63) is 32.8 Å². The number of hydrogen-bond donors (Lipinski definition) is 0. The fourth-order valence-electron chi connectivity index (χ4n) is 2.60. The van der Waals surface area contributed by atoms with Crippen LogP contribution in [0, 0.1) is 16.0 Å². The number of nitro benzene ring substituents is 1. The highest BCUT2D eigenvalue weighted by molar-refractivity contribution is 9.10. The highest BCUT2D eigenvalue weighted by Gasteiger charge is 2.23. The second kappa shape index (κ2) is 6.54. The van der Waals surface area contributed by atoms with Crippen LogP contribution in [-0.4, -0.2) is 42.5 Å². The average Bonchev–Trinajstić information content (AvgIpc) is 2.39.